The highest BCUT2D eigenvalue weighted by molar-refractivity contribution is 5.79. The first kappa shape index (κ1) is 39.1. The van der Waals surface area contributed by atoms with Gasteiger partial charge in [-0.15, -0.1) is 0 Å². The molecule has 0 spiro atoms. The zero-order valence-electron chi connectivity index (χ0n) is 32.9. The molecule has 4 nitrogen and oxygen atoms in total. The predicted molar refractivity (Wildman–Crippen MR) is 206 cm³/mol. The van der Waals surface area contributed by atoms with Gasteiger partial charge < -0.3 is 9.47 Å². The van der Waals surface area contributed by atoms with Gasteiger partial charge in [0.2, 0.25) is 0 Å². The van der Waals surface area contributed by atoms with Crippen LogP contribution in [-0.2, 0) is 20.7 Å². The standard InChI is InChI=1S/C46H72O4/c1-7-8-9-10-11-12-13-19-35-20-14-15-21-42(35)50-44(48)27-26-43(47)49-37-28-30-45(5)36(32-37)22-23-38-40-25-24-39(34(4)18-16-17-33(2)3)46(40,6)31-29-41(38)45/h14-15,20-22,33-34,37-41H,7-13,16-19,23-32H2,1-6H3/t34-,37+,38+,39-,40+,41+,45+,46-/m1/s1. The van der Waals surface area contributed by atoms with Crippen LogP contribution in [0, 0.1) is 46.3 Å². The SMILES string of the molecule is CCCCCCCCCc1ccccc1OC(=O)CCC(=O)O[C@H]1CC[C@@]2(C)C(=CC[C@H]3[C@@H]4CC[C@H]([C@H](C)CCCC(C)C)[C@@]4(C)CC[C@@H]32)C1. The summed E-state index contributed by atoms with van der Waals surface area (Å²) in [6.45, 7) is 14.7. The number of ether oxygens (including phenoxy) is 2. The summed E-state index contributed by atoms with van der Waals surface area (Å²) >= 11 is 0. The molecule has 5 rings (SSSR count). The molecule has 8 atom stereocenters. The Balaban J connectivity index is 1.07. The highest BCUT2D eigenvalue weighted by Gasteiger charge is 2.59. The van der Waals surface area contributed by atoms with Gasteiger partial charge in [0.15, 0.2) is 0 Å². The Morgan fingerprint density at radius 3 is 2.34 bits per heavy atom. The van der Waals surface area contributed by atoms with E-state index in [2.05, 4.69) is 53.7 Å². The number of carbonyl (C=O) groups excluding carboxylic acids is 2. The number of aryl methyl sites for hydroxylation is 1. The van der Waals surface area contributed by atoms with Gasteiger partial charge in [-0.2, -0.15) is 0 Å². The summed E-state index contributed by atoms with van der Waals surface area (Å²) in [6, 6.07) is 7.85. The smallest absolute Gasteiger partial charge is 0.311 e. The Bertz CT molecular complexity index is 1280. The van der Waals surface area contributed by atoms with E-state index in [1.54, 1.807) is 5.57 Å². The Morgan fingerprint density at radius 2 is 1.56 bits per heavy atom. The van der Waals surface area contributed by atoms with Crippen LogP contribution in [-0.4, -0.2) is 18.0 Å². The Hall–Kier alpha value is -2.10. The fraction of sp³-hybridized carbons (Fsp3) is 0.783. The van der Waals surface area contributed by atoms with Crippen LogP contribution in [0.3, 0.4) is 0 Å². The lowest BCUT2D eigenvalue weighted by Gasteiger charge is -2.58. The third-order valence-corrected chi connectivity index (χ3v) is 14.3. The number of carbonyl (C=O) groups is 2. The largest absolute Gasteiger partial charge is 0.462 e. The lowest BCUT2D eigenvalue weighted by Crippen LogP contribution is -2.51. The summed E-state index contributed by atoms with van der Waals surface area (Å²) in [7, 11) is 0. The van der Waals surface area contributed by atoms with Crippen LogP contribution in [0.2, 0.25) is 0 Å². The van der Waals surface area contributed by atoms with Crippen molar-refractivity contribution >= 4 is 11.9 Å². The molecule has 4 aliphatic carbocycles. The molecule has 0 amide bonds. The number of fused-ring (bicyclic) bond motifs is 5. The van der Waals surface area contributed by atoms with Crippen molar-refractivity contribution in [2.75, 3.05) is 0 Å². The molecule has 50 heavy (non-hydrogen) atoms. The maximum absolute atomic E-state index is 13.0. The molecule has 1 aromatic carbocycles. The lowest BCUT2D eigenvalue weighted by molar-refractivity contribution is -0.153. The van der Waals surface area contributed by atoms with E-state index < -0.39 is 0 Å². The third kappa shape index (κ3) is 9.46. The van der Waals surface area contributed by atoms with Crippen molar-refractivity contribution < 1.29 is 19.1 Å². The van der Waals surface area contributed by atoms with Crippen LogP contribution in [0.4, 0.5) is 0 Å². The number of para-hydroxylation sites is 1. The summed E-state index contributed by atoms with van der Waals surface area (Å²) in [4.78, 5) is 25.8. The van der Waals surface area contributed by atoms with Gasteiger partial charge in [-0.1, -0.05) is 129 Å². The molecule has 0 aliphatic heterocycles. The van der Waals surface area contributed by atoms with E-state index in [0.717, 1.165) is 73.2 Å². The zero-order valence-corrected chi connectivity index (χ0v) is 32.9. The van der Waals surface area contributed by atoms with Crippen molar-refractivity contribution in [3.05, 3.63) is 41.5 Å². The van der Waals surface area contributed by atoms with E-state index in [-0.39, 0.29) is 36.3 Å². The normalized spacial score (nSPS) is 30.9. The van der Waals surface area contributed by atoms with Gasteiger partial charge in [0.1, 0.15) is 11.9 Å². The van der Waals surface area contributed by atoms with Gasteiger partial charge in [0.25, 0.3) is 0 Å². The second-order valence-corrected chi connectivity index (χ2v) is 18.1. The van der Waals surface area contributed by atoms with E-state index in [4.69, 9.17) is 9.47 Å². The number of unbranched alkanes of at least 4 members (excludes halogenated alkanes) is 6. The first-order valence-electron chi connectivity index (χ1n) is 21.2. The fourth-order valence-electron chi connectivity index (χ4n) is 11.5. The number of hydrogen-bond donors (Lipinski definition) is 0. The van der Waals surface area contributed by atoms with Crippen LogP contribution >= 0.6 is 0 Å². The van der Waals surface area contributed by atoms with Crippen molar-refractivity contribution in [1.82, 2.24) is 0 Å². The summed E-state index contributed by atoms with van der Waals surface area (Å²) in [5.41, 5.74) is 3.36. The van der Waals surface area contributed by atoms with Crippen LogP contribution in [0.15, 0.2) is 35.9 Å². The predicted octanol–water partition coefficient (Wildman–Crippen LogP) is 12.6. The fourth-order valence-corrected chi connectivity index (χ4v) is 11.5. The highest BCUT2D eigenvalue weighted by Crippen LogP contribution is 2.67. The zero-order chi connectivity index (χ0) is 35.7. The Morgan fingerprint density at radius 1 is 0.820 bits per heavy atom. The lowest BCUT2D eigenvalue weighted by atomic mass is 9.47. The van der Waals surface area contributed by atoms with E-state index in [9.17, 15) is 9.59 Å². The quantitative estimate of drug-likeness (QED) is 0.0667. The summed E-state index contributed by atoms with van der Waals surface area (Å²) in [5.74, 6) is 4.98. The van der Waals surface area contributed by atoms with Gasteiger partial charge in [-0.3, -0.25) is 9.59 Å². The molecule has 0 heterocycles. The molecule has 0 bridgehead atoms. The second kappa shape index (κ2) is 18.1. The number of esters is 2. The van der Waals surface area contributed by atoms with Crippen LogP contribution in [0.1, 0.15) is 176 Å². The molecule has 0 unspecified atom stereocenters. The van der Waals surface area contributed by atoms with Crippen LogP contribution in [0.25, 0.3) is 0 Å². The first-order valence-corrected chi connectivity index (χ1v) is 21.2. The van der Waals surface area contributed by atoms with E-state index >= 15 is 0 Å². The monoisotopic (exact) mass is 689 g/mol. The van der Waals surface area contributed by atoms with Crippen molar-refractivity contribution in [3.63, 3.8) is 0 Å². The Kier molecular flexibility index (Phi) is 14.2. The first-order chi connectivity index (χ1) is 24.0. The summed E-state index contributed by atoms with van der Waals surface area (Å²) < 4.78 is 11.8. The third-order valence-electron chi connectivity index (χ3n) is 14.3. The van der Waals surface area contributed by atoms with Gasteiger partial charge in [-0.25, -0.2) is 0 Å². The second-order valence-electron chi connectivity index (χ2n) is 18.1. The number of benzene rings is 1. The number of rotatable bonds is 18. The highest BCUT2D eigenvalue weighted by atomic mass is 16.5. The summed E-state index contributed by atoms with van der Waals surface area (Å²) in [5, 5.41) is 0. The number of allylic oxidation sites excluding steroid dienone is 1. The molecular weight excluding hydrogens is 617 g/mol. The van der Waals surface area contributed by atoms with E-state index in [1.807, 2.05) is 18.2 Å². The minimum atomic E-state index is -0.352. The maximum atomic E-state index is 13.0. The van der Waals surface area contributed by atoms with Crippen molar-refractivity contribution in [1.29, 1.82) is 0 Å². The average molecular weight is 689 g/mol. The van der Waals surface area contributed by atoms with Crippen molar-refractivity contribution in [2.24, 2.45) is 46.3 Å². The van der Waals surface area contributed by atoms with Gasteiger partial charge in [0.05, 0.1) is 12.8 Å². The minimum absolute atomic E-state index is 0.0545. The molecule has 4 aliphatic rings. The maximum Gasteiger partial charge on any atom is 0.311 e. The molecule has 1 aromatic rings. The molecule has 280 valence electrons. The minimum Gasteiger partial charge on any atom is -0.462 e. The molecule has 3 saturated carbocycles. The average Bonchev–Trinajstić information content (AvgIpc) is 3.45. The Labute approximate surface area is 306 Å². The van der Waals surface area contributed by atoms with E-state index in [0.29, 0.717) is 11.2 Å². The molecule has 4 heteroatoms. The molecule has 0 N–H and O–H groups in total. The summed E-state index contributed by atoms with van der Waals surface area (Å²) in [6.07, 6.45) is 26.2. The molecule has 0 aromatic heterocycles. The van der Waals surface area contributed by atoms with Crippen molar-refractivity contribution in [3.8, 4) is 5.75 Å². The van der Waals surface area contributed by atoms with Crippen LogP contribution in [0.5, 0.6) is 5.75 Å². The van der Waals surface area contributed by atoms with Gasteiger partial charge >= 0.3 is 11.9 Å². The van der Waals surface area contributed by atoms with Crippen molar-refractivity contribution in [2.45, 2.75) is 182 Å². The molecule has 3 fully saturated rings. The van der Waals surface area contributed by atoms with Gasteiger partial charge in [0, 0.05) is 6.42 Å². The topological polar surface area (TPSA) is 52.6 Å². The molecule has 0 radical (unpaired) electrons. The number of hydrogen-bond acceptors (Lipinski definition) is 4. The van der Waals surface area contributed by atoms with Crippen LogP contribution < -0.4 is 4.74 Å². The molecule has 0 saturated heterocycles. The van der Waals surface area contributed by atoms with E-state index in [1.165, 1.54) is 89.9 Å². The van der Waals surface area contributed by atoms with Gasteiger partial charge in [-0.05, 0) is 116 Å². The molecular formula is C46H72O4.